The van der Waals surface area contributed by atoms with Crippen molar-refractivity contribution in [2.75, 3.05) is 6.26 Å². The van der Waals surface area contributed by atoms with Gasteiger partial charge < -0.3 is 5.11 Å². The van der Waals surface area contributed by atoms with Crippen LogP contribution in [0.3, 0.4) is 0 Å². The Hall–Kier alpha value is -1.36. The molecule has 1 rings (SSSR count). The molecule has 0 saturated carbocycles. The van der Waals surface area contributed by atoms with Gasteiger partial charge in [0.05, 0.1) is 4.90 Å². The zero-order valence-electron chi connectivity index (χ0n) is 6.89. The summed E-state index contributed by atoms with van der Waals surface area (Å²) in [6.07, 6.45) is 1.42. The third kappa shape index (κ3) is 2.06. The highest BCUT2D eigenvalue weighted by molar-refractivity contribution is 7.90. The topological polar surface area (TPSA) is 71.4 Å². The van der Waals surface area contributed by atoms with E-state index in [1.807, 2.05) is 0 Å². The van der Waals surface area contributed by atoms with E-state index in [0.717, 1.165) is 12.3 Å². The number of phenols is 1. The lowest BCUT2D eigenvalue weighted by Crippen LogP contribution is -2.01. The molecule has 0 aromatic heterocycles. The van der Waals surface area contributed by atoms with Crippen molar-refractivity contribution in [3.05, 3.63) is 23.8 Å². The van der Waals surface area contributed by atoms with Gasteiger partial charge in [0.25, 0.3) is 0 Å². The fourth-order valence-electron chi connectivity index (χ4n) is 0.942. The van der Waals surface area contributed by atoms with Gasteiger partial charge in [0.2, 0.25) is 0 Å². The molecule has 0 spiro atoms. The SMILES string of the molecule is CS(=O)(=O)c1cc(O)ccc1C=O. The Morgan fingerprint density at radius 2 is 2.00 bits per heavy atom. The number of benzene rings is 1. The molecule has 0 atom stereocenters. The van der Waals surface area contributed by atoms with Gasteiger partial charge in [0.15, 0.2) is 16.1 Å². The minimum absolute atomic E-state index is 0.0558. The molecule has 70 valence electrons. The van der Waals surface area contributed by atoms with Crippen molar-refractivity contribution in [2.45, 2.75) is 4.90 Å². The van der Waals surface area contributed by atoms with Crippen molar-refractivity contribution in [1.82, 2.24) is 0 Å². The maximum atomic E-state index is 11.1. The zero-order valence-corrected chi connectivity index (χ0v) is 7.71. The average molecular weight is 200 g/mol. The second-order valence-electron chi connectivity index (χ2n) is 2.61. The molecule has 0 aliphatic rings. The largest absolute Gasteiger partial charge is 0.508 e. The second-order valence-corrected chi connectivity index (χ2v) is 4.60. The lowest BCUT2D eigenvalue weighted by Gasteiger charge is -2.01. The van der Waals surface area contributed by atoms with E-state index < -0.39 is 9.84 Å². The van der Waals surface area contributed by atoms with Crippen LogP contribution in [-0.2, 0) is 9.84 Å². The highest BCUT2D eigenvalue weighted by atomic mass is 32.2. The minimum atomic E-state index is -3.46. The number of sulfone groups is 1. The van der Waals surface area contributed by atoms with Gasteiger partial charge in [-0.1, -0.05) is 0 Å². The van der Waals surface area contributed by atoms with Crippen molar-refractivity contribution < 1.29 is 18.3 Å². The van der Waals surface area contributed by atoms with Crippen LogP contribution in [0.15, 0.2) is 23.1 Å². The lowest BCUT2D eigenvalue weighted by molar-refractivity contribution is 0.112. The van der Waals surface area contributed by atoms with Crippen molar-refractivity contribution in [2.24, 2.45) is 0 Å². The molecule has 0 fully saturated rings. The summed E-state index contributed by atoms with van der Waals surface area (Å²) in [5, 5.41) is 9.02. The van der Waals surface area contributed by atoms with E-state index in [-0.39, 0.29) is 16.2 Å². The van der Waals surface area contributed by atoms with Crippen LogP contribution in [0, 0.1) is 0 Å². The molecule has 0 saturated heterocycles. The molecule has 4 nitrogen and oxygen atoms in total. The summed E-state index contributed by atoms with van der Waals surface area (Å²) < 4.78 is 22.2. The standard InChI is InChI=1S/C8H8O4S/c1-13(11,12)8-4-7(10)3-2-6(8)5-9/h2-5,10H,1H3. The fraction of sp³-hybridized carbons (Fsp3) is 0.125. The number of carbonyl (C=O) groups excluding carboxylic acids is 1. The quantitative estimate of drug-likeness (QED) is 0.710. The summed E-state index contributed by atoms with van der Waals surface area (Å²) >= 11 is 0. The average Bonchev–Trinajstić information content (AvgIpc) is 2.03. The molecule has 0 bridgehead atoms. The Labute approximate surface area is 75.7 Å². The molecular weight excluding hydrogens is 192 g/mol. The third-order valence-electron chi connectivity index (χ3n) is 1.52. The van der Waals surface area contributed by atoms with Gasteiger partial charge in [-0.15, -0.1) is 0 Å². The van der Waals surface area contributed by atoms with Crippen LogP contribution < -0.4 is 0 Å². The predicted molar refractivity (Wildman–Crippen MR) is 46.6 cm³/mol. The van der Waals surface area contributed by atoms with Crippen LogP contribution in [0.5, 0.6) is 5.75 Å². The molecule has 0 amide bonds. The van der Waals surface area contributed by atoms with Crippen molar-refractivity contribution >= 4 is 16.1 Å². The summed E-state index contributed by atoms with van der Waals surface area (Å²) in [5.74, 6) is -0.175. The number of phenolic OH excluding ortho intramolecular Hbond substituents is 1. The van der Waals surface area contributed by atoms with Crippen LogP contribution in [0.1, 0.15) is 10.4 Å². The third-order valence-corrected chi connectivity index (χ3v) is 2.68. The van der Waals surface area contributed by atoms with Crippen LogP contribution in [-0.4, -0.2) is 26.1 Å². The summed E-state index contributed by atoms with van der Waals surface area (Å²) in [6, 6.07) is 3.58. The number of hydrogen-bond donors (Lipinski definition) is 1. The Morgan fingerprint density at radius 3 is 2.46 bits per heavy atom. The summed E-state index contributed by atoms with van der Waals surface area (Å²) in [5.41, 5.74) is 0.0558. The Balaban J connectivity index is 3.50. The summed E-state index contributed by atoms with van der Waals surface area (Å²) in [6.45, 7) is 0. The number of aldehydes is 1. The fourth-order valence-corrected chi connectivity index (χ4v) is 1.82. The van der Waals surface area contributed by atoms with E-state index in [2.05, 4.69) is 0 Å². The molecule has 0 unspecified atom stereocenters. The molecule has 1 N–H and O–H groups in total. The maximum absolute atomic E-state index is 11.1. The lowest BCUT2D eigenvalue weighted by atomic mass is 10.2. The van der Waals surface area contributed by atoms with Crippen molar-refractivity contribution in [1.29, 1.82) is 0 Å². The first kappa shape index (κ1) is 9.73. The van der Waals surface area contributed by atoms with E-state index in [9.17, 15) is 13.2 Å². The van der Waals surface area contributed by atoms with E-state index >= 15 is 0 Å². The minimum Gasteiger partial charge on any atom is -0.508 e. The monoisotopic (exact) mass is 200 g/mol. The first-order valence-electron chi connectivity index (χ1n) is 3.43. The highest BCUT2D eigenvalue weighted by Gasteiger charge is 2.13. The van der Waals surface area contributed by atoms with Gasteiger partial charge in [-0.3, -0.25) is 4.79 Å². The van der Waals surface area contributed by atoms with Gasteiger partial charge in [-0.2, -0.15) is 0 Å². The van der Waals surface area contributed by atoms with Crippen LogP contribution in [0.4, 0.5) is 0 Å². The number of aromatic hydroxyl groups is 1. The van der Waals surface area contributed by atoms with E-state index in [0.29, 0.717) is 6.29 Å². The Kier molecular flexibility index (Phi) is 2.38. The Morgan fingerprint density at radius 1 is 1.38 bits per heavy atom. The summed E-state index contributed by atoms with van der Waals surface area (Å²) in [7, 11) is -3.46. The molecule has 0 radical (unpaired) electrons. The molecule has 0 aliphatic heterocycles. The van der Waals surface area contributed by atoms with Gasteiger partial charge >= 0.3 is 0 Å². The van der Waals surface area contributed by atoms with Gasteiger partial charge in [-0.25, -0.2) is 8.42 Å². The van der Waals surface area contributed by atoms with E-state index in [1.54, 1.807) is 0 Å². The van der Waals surface area contributed by atoms with E-state index in [1.165, 1.54) is 12.1 Å². The normalized spacial score (nSPS) is 11.2. The first-order chi connectivity index (χ1) is 5.95. The molecule has 0 heterocycles. The molecule has 5 heteroatoms. The first-order valence-corrected chi connectivity index (χ1v) is 5.32. The molecule has 13 heavy (non-hydrogen) atoms. The van der Waals surface area contributed by atoms with Crippen LogP contribution in [0.2, 0.25) is 0 Å². The maximum Gasteiger partial charge on any atom is 0.176 e. The smallest absolute Gasteiger partial charge is 0.176 e. The van der Waals surface area contributed by atoms with E-state index in [4.69, 9.17) is 5.11 Å². The van der Waals surface area contributed by atoms with Crippen LogP contribution in [0.25, 0.3) is 0 Å². The molecule has 1 aromatic rings. The van der Waals surface area contributed by atoms with Crippen molar-refractivity contribution in [3.63, 3.8) is 0 Å². The molecular formula is C8H8O4S. The zero-order chi connectivity index (χ0) is 10.1. The van der Waals surface area contributed by atoms with Gasteiger partial charge in [0, 0.05) is 11.8 Å². The molecule has 1 aromatic carbocycles. The number of carbonyl (C=O) groups is 1. The van der Waals surface area contributed by atoms with Gasteiger partial charge in [0.1, 0.15) is 5.75 Å². The number of hydrogen-bond acceptors (Lipinski definition) is 4. The highest BCUT2D eigenvalue weighted by Crippen LogP contribution is 2.19. The predicted octanol–water partition coefficient (Wildman–Crippen LogP) is 0.608. The summed E-state index contributed by atoms with van der Waals surface area (Å²) in [4.78, 5) is 10.3. The number of rotatable bonds is 2. The van der Waals surface area contributed by atoms with Gasteiger partial charge in [-0.05, 0) is 18.2 Å². The van der Waals surface area contributed by atoms with Crippen LogP contribution >= 0.6 is 0 Å². The van der Waals surface area contributed by atoms with Crippen molar-refractivity contribution in [3.8, 4) is 5.75 Å². The molecule has 0 aliphatic carbocycles. The second kappa shape index (κ2) is 3.18. The Bertz CT molecular complexity index is 433.